The third-order valence-electron chi connectivity index (χ3n) is 2.77. The molecule has 1 rings (SSSR count). The summed E-state index contributed by atoms with van der Waals surface area (Å²) in [5.74, 6) is -0.139. The second kappa shape index (κ2) is 7.27. The summed E-state index contributed by atoms with van der Waals surface area (Å²) in [5.41, 5.74) is 0.821. The highest BCUT2D eigenvalue weighted by Crippen LogP contribution is 2.18. The van der Waals surface area contributed by atoms with Crippen molar-refractivity contribution in [2.24, 2.45) is 0 Å². The van der Waals surface area contributed by atoms with Gasteiger partial charge in [0, 0.05) is 22.5 Å². The molecule has 2 nitrogen and oxygen atoms in total. The molecular weight excluding hydrogens is 290 g/mol. The van der Waals surface area contributed by atoms with E-state index in [4.69, 9.17) is 11.6 Å². The molecule has 0 aliphatic rings. The second-order valence-corrected chi connectivity index (χ2v) is 5.55. The predicted molar refractivity (Wildman–Crippen MR) is 89.4 cm³/mol. The number of hydrogen-bond acceptors (Lipinski definition) is 2. The quantitative estimate of drug-likeness (QED) is 0.781. The van der Waals surface area contributed by atoms with Crippen LogP contribution in [0, 0.1) is 0 Å². The maximum absolute atomic E-state index is 12.5. The average molecular weight is 308 g/mol. The molecular formula is C16H18ClNOS. The lowest BCUT2D eigenvalue weighted by molar-refractivity contribution is 0.0845. The van der Waals surface area contributed by atoms with E-state index in [-0.39, 0.29) is 5.91 Å². The molecule has 1 heterocycles. The highest BCUT2D eigenvalue weighted by atomic mass is 35.5. The number of hydrogen-bond donors (Lipinski definition) is 0. The number of carbonyl (C=O) groups is 1. The number of amides is 1. The van der Waals surface area contributed by atoms with Gasteiger partial charge in [-0.25, -0.2) is 0 Å². The van der Waals surface area contributed by atoms with Crippen LogP contribution in [-0.4, -0.2) is 17.9 Å². The number of carbonyl (C=O) groups excluding carboxylic acids is 1. The largest absolute Gasteiger partial charge is 0.311 e. The second-order valence-electron chi connectivity index (χ2n) is 4.06. The summed E-state index contributed by atoms with van der Waals surface area (Å²) in [7, 11) is 1.73. The molecule has 0 radical (unpaired) electrons. The first kappa shape index (κ1) is 16.5. The van der Waals surface area contributed by atoms with E-state index in [0.717, 1.165) is 15.4 Å². The fourth-order valence-corrected chi connectivity index (χ4v) is 3.11. The van der Waals surface area contributed by atoms with Crippen molar-refractivity contribution in [3.8, 4) is 0 Å². The Bertz CT molecular complexity index is 682. The van der Waals surface area contributed by atoms with Gasteiger partial charge in [-0.2, -0.15) is 0 Å². The minimum atomic E-state index is -0.139. The van der Waals surface area contributed by atoms with E-state index in [2.05, 4.69) is 13.2 Å². The topological polar surface area (TPSA) is 20.3 Å². The van der Waals surface area contributed by atoms with Crippen molar-refractivity contribution in [2.75, 3.05) is 7.05 Å². The maximum atomic E-state index is 12.5. The number of rotatable bonds is 4. The Balaban J connectivity index is 3.30. The van der Waals surface area contributed by atoms with E-state index in [0.29, 0.717) is 9.90 Å². The van der Waals surface area contributed by atoms with Crippen molar-refractivity contribution in [1.82, 2.24) is 4.90 Å². The van der Waals surface area contributed by atoms with E-state index in [1.165, 1.54) is 11.3 Å². The van der Waals surface area contributed by atoms with E-state index in [1.54, 1.807) is 24.1 Å². The standard InChI is InChI=1S/C16H18ClNOS/c1-6-9-12(8-3)18(5)16(19)15-14(17)13(10-7-2)11(4)20-15/h6-10H,2,4H2,1,3,5H3/b9-6-,12-8+,13-10+. The summed E-state index contributed by atoms with van der Waals surface area (Å²) < 4.78 is 0.764. The van der Waals surface area contributed by atoms with Crippen LogP contribution in [0.2, 0.25) is 5.02 Å². The Morgan fingerprint density at radius 1 is 1.40 bits per heavy atom. The van der Waals surface area contributed by atoms with Crippen molar-refractivity contribution >= 4 is 41.5 Å². The summed E-state index contributed by atoms with van der Waals surface area (Å²) in [6, 6.07) is 0. The van der Waals surface area contributed by atoms with Crippen LogP contribution >= 0.6 is 22.9 Å². The monoisotopic (exact) mass is 307 g/mol. The van der Waals surface area contributed by atoms with Crippen molar-refractivity contribution in [1.29, 1.82) is 0 Å². The van der Waals surface area contributed by atoms with Gasteiger partial charge in [-0.15, -0.1) is 11.3 Å². The molecule has 20 heavy (non-hydrogen) atoms. The number of halogens is 1. The van der Waals surface area contributed by atoms with Crippen LogP contribution < -0.4 is 9.75 Å². The summed E-state index contributed by atoms with van der Waals surface area (Å²) in [6.07, 6.45) is 9.04. The molecule has 0 N–H and O–H groups in total. The highest BCUT2D eigenvalue weighted by molar-refractivity contribution is 7.12. The van der Waals surface area contributed by atoms with Gasteiger partial charge >= 0.3 is 0 Å². The molecule has 0 saturated heterocycles. The number of likely N-dealkylation sites (N-methyl/N-ethyl adjacent to an activating group) is 1. The van der Waals surface area contributed by atoms with E-state index >= 15 is 0 Å². The first-order valence-electron chi connectivity index (χ1n) is 6.14. The molecule has 0 atom stereocenters. The zero-order valence-corrected chi connectivity index (χ0v) is 13.5. The van der Waals surface area contributed by atoms with Crippen molar-refractivity contribution in [3.63, 3.8) is 0 Å². The van der Waals surface area contributed by atoms with Crippen LogP contribution in [0.25, 0.3) is 12.7 Å². The molecule has 0 fully saturated rings. The fraction of sp³-hybridized carbons (Fsp3) is 0.188. The summed E-state index contributed by atoms with van der Waals surface area (Å²) in [5, 5.41) is 1.20. The minimum Gasteiger partial charge on any atom is -0.311 e. The lowest BCUT2D eigenvalue weighted by Gasteiger charge is -2.17. The predicted octanol–water partition coefficient (Wildman–Crippen LogP) is 3.33. The van der Waals surface area contributed by atoms with Crippen LogP contribution in [0.5, 0.6) is 0 Å². The maximum Gasteiger partial charge on any atom is 0.269 e. The van der Waals surface area contributed by atoms with Crippen LogP contribution in [0.3, 0.4) is 0 Å². The zero-order valence-electron chi connectivity index (χ0n) is 11.9. The molecule has 4 heteroatoms. The van der Waals surface area contributed by atoms with E-state index in [1.807, 2.05) is 32.1 Å². The molecule has 106 valence electrons. The lowest BCUT2D eigenvalue weighted by Crippen LogP contribution is -2.25. The Kier molecular flexibility index (Phi) is 5.99. The van der Waals surface area contributed by atoms with Gasteiger partial charge in [-0.05, 0) is 19.9 Å². The third kappa shape index (κ3) is 3.30. The molecule has 0 aliphatic heterocycles. The minimum absolute atomic E-state index is 0.139. The van der Waals surface area contributed by atoms with Crippen molar-refractivity contribution < 1.29 is 4.79 Å². The van der Waals surface area contributed by atoms with Gasteiger partial charge in [0.05, 0.1) is 5.02 Å². The Morgan fingerprint density at radius 2 is 2.05 bits per heavy atom. The SMILES string of the molecule is C=C/C=c1/c(Cl)c(C(=O)N(C)C(/C=C\C)=C/C)sc1=C. The molecule has 1 aromatic heterocycles. The Labute approximate surface area is 128 Å². The summed E-state index contributed by atoms with van der Waals surface area (Å²) in [4.78, 5) is 14.6. The van der Waals surface area contributed by atoms with Gasteiger partial charge in [-0.3, -0.25) is 4.79 Å². The molecule has 1 amide bonds. The Hall–Kier alpha value is -1.58. The third-order valence-corrected chi connectivity index (χ3v) is 4.32. The van der Waals surface area contributed by atoms with Crippen LogP contribution in [-0.2, 0) is 0 Å². The van der Waals surface area contributed by atoms with Crippen LogP contribution in [0.15, 0.2) is 36.6 Å². The van der Waals surface area contributed by atoms with Gasteiger partial charge in [0.15, 0.2) is 0 Å². The molecule has 0 aliphatic carbocycles. The average Bonchev–Trinajstić information content (AvgIpc) is 2.71. The van der Waals surface area contributed by atoms with E-state index < -0.39 is 0 Å². The lowest BCUT2D eigenvalue weighted by atomic mass is 10.3. The Morgan fingerprint density at radius 3 is 2.55 bits per heavy atom. The van der Waals surface area contributed by atoms with Crippen molar-refractivity contribution in [2.45, 2.75) is 13.8 Å². The molecule has 1 aromatic rings. The molecule has 0 spiro atoms. The fourth-order valence-electron chi connectivity index (χ4n) is 1.73. The zero-order chi connectivity index (χ0) is 15.3. The summed E-state index contributed by atoms with van der Waals surface area (Å²) in [6.45, 7) is 11.4. The number of allylic oxidation sites excluding steroid dienone is 4. The first-order valence-corrected chi connectivity index (χ1v) is 7.34. The smallest absolute Gasteiger partial charge is 0.269 e. The molecule has 0 bridgehead atoms. The summed E-state index contributed by atoms with van der Waals surface area (Å²) >= 11 is 7.58. The highest BCUT2D eigenvalue weighted by Gasteiger charge is 2.19. The molecule has 0 unspecified atom stereocenters. The van der Waals surface area contributed by atoms with Gasteiger partial charge in [-0.1, -0.05) is 49.1 Å². The van der Waals surface area contributed by atoms with Crippen LogP contribution in [0.1, 0.15) is 23.5 Å². The number of thiophene rings is 1. The van der Waals surface area contributed by atoms with Crippen molar-refractivity contribution in [3.05, 3.63) is 56.2 Å². The first-order chi connectivity index (χ1) is 9.47. The molecule has 0 aromatic carbocycles. The van der Waals surface area contributed by atoms with Gasteiger partial charge in [0.25, 0.3) is 5.91 Å². The molecule has 0 saturated carbocycles. The van der Waals surface area contributed by atoms with E-state index in [9.17, 15) is 4.79 Å². The normalized spacial score (nSPS) is 13.0. The van der Waals surface area contributed by atoms with Gasteiger partial charge < -0.3 is 4.90 Å². The van der Waals surface area contributed by atoms with Gasteiger partial charge in [0.1, 0.15) is 4.88 Å². The van der Waals surface area contributed by atoms with Gasteiger partial charge in [0.2, 0.25) is 0 Å². The number of nitrogens with zero attached hydrogens (tertiary/aromatic N) is 1. The van der Waals surface area contributed by atoms with Crippen LogP contribution in [0.4, 0.5) is 0 Å².